The molecule has 3 N–H and O–H groups in total. The summed E-state index contributed by atoms with van der Waals surface area (Å²) in [6, 6.07) is 0.706. The van der Waals surface area contributed by atoms with Crippen LogP contribution in [0.4, 0.5) is 14.5 Å². The topological polar surface area (TPSA) is 66.6 Å². The van der Waals surface area contributed by atoms with E-state index in [0.717, 1.165) is 12.1 Å². The molecule has 6 heteroatoms. The monoisotopic (exact) mass is 244 g/mol. The van der Waals surface area contributed by atoms with Gasteiger partial charge < -0.3 is 15.7 Å². The minimum Gasteiger partial charge on any atom is -0.480 e. The zero-order chi connectivity index (χ0) is 13.2. The summed E-state index contributed by atoms with van der Waals surface area (Å²) in [5.74, 6) is -2.52. The first-order valence-electron chi connectivity index (χ1n) is 4.97. The third-order valence-corrected chi connectivity index (χ3v) is 2.36. The lowest BCUT2D eigenvalue weighted by molar-refractivity contribution is -0.138. The van der Waals surface area contributed by atoms with Crippen LogP contribution in [0.1, 0.15) is 5.56 Å². The number of carbonyl (C=O) groups is 1. The van der Waals surface area contributed by atoms with Gasteiger partial charge in [0.15, 0.2) is 0 Å². The molecule has 1 aromatic carbocycles. The number of nitrogens with two attached hydrogens (primary N) is 1. The van der Waals surface area contributed by atoms with Crippen LogP contribution in [-0.2, 0) is 11.2 Å². The van der Waals surface area contributed by atoms with Crippen molar-refractivity contribution < 1.29 is 18.7 Å². The summed E-state index contributed by atoms with van der Waals surface area (Å²) < 4.78 is 27.1. The second-order valence-corrected chi connectivity index (χ2v) is 3.90. The Morgan fingerprint density at radius 3 is 2.41 bits per heavy atom. The van der Waals surface area contributed by atoms with Gasteiger partial charge in [-0.2, -0.15) is 0 Å². The Morgan fingerprint density at radius 2 is 1.94 bits per heavy atom. The second kappa shape index (κ2) is 5.09. The standard InChI is InChI=1S/C11H14F2N2O2/c1-15(2)10-6(5-9(14)11(16)17)7(12)3-4-8(10)13/h3-4,9H,5,14H2,1-2H3,(H,16,17). The number of nitrogens with zero attached hydrogens (tertiary/aromatic N) is 1. The number of rotatable bonds is 4. The highest BCUT2D eigenvalue weighted by Crippen LogP contribution is 2.26. The van der Waals surface area contributed by atoms with E-state index in [4.69, 9.17) is 10.8 Å². The SMILES string of the molecule is CN(C)c1c(F)ccc(F)c1CC(N)C(=O)O. The summed E-state index contributed by atoms with van der Waals surface area (Å²) in [6.45, 7) is 0. The van der Waals surface area contributed by atoms with Crippen LogP contribution >= 0.6 is 0 Å². The number of aliphatic carboxylic acids is 1. The van der Waals surface area contributed by atoms with E-state index < -0.39 is 23.6 Å². The van der Waals surface area contributed by atoms with Crippen molar-refractivity contribution in [1.29, 1.82) is 0 Å². The molecule has 0 radical (unpaired) electrons. The van der Waals surface area contributed by atoms with Crippen LogP contribution in [0.15, 0.2) is 12.1 Å². The zero-order valence-electron chi connectivity index (χ0n) is 9.58. The third-order valence-electron chi connectivity index (χ3n) is 2.36. The van der Waals surface area contributed by atoms with Crippen molar-refractivity contribution in [2.45, 2.75) is 12.5 Å². The normalized spacial score (nSPS) is 12.3. The average molecular weight is 244 g/mol. The van der Waals surface area contributed by atoms with Crippen LogP contribution in [0, 0.1) is 11.6 Å². The Balaban J connectivity index is 3.21. The number of hydrogen-bond acceptors (Lipinski definition) is 3. The molecule has 0 saturated heterocycles. The number of carboxylic acids is 1. The first kappa shape index (κ1) is 13.4. The number of hydrogen-bond donors (Lipinski definition) is 2. The van der Waals surface area contributed by atoms with Crippen LogP contribution in [0.3, 0.4) is 0 Å². The van der Waals surface area contributed by atoms with Crippen molar-refractivity contribution in [3.63, 3.8) is 0 Å². The first-order chi connectivity index (χ1) is 7.84. The summed E-state index contributed by atoms with van der Waals surface area (Å²) in [5, 5.41) is 8.68. The highest BCUT2D eigenvalue weighted by atomic mass is 19.1. The number of halogens is 2. The molecule has 0 aromatic heterocycles. The predicted molar refractivity (Wildman–Crippen MR) is 60.0 cm³/mol. The van der Waals surface area contributed by atoms with Gasteiger partial charge in [-0.25, -0.2) is 8.78 Å². The fraction of sp³-hybridized carbons (Fsp3) is 0.364. The molecule has 0 spiro atoms. The molecule has 1 atom stereocenters. The Labute approximate surface area is 97.6 Å². The van der Waals surface area contributed by atoms with E-state index in [2.05, 4.69) is 0 Å². The molecule has 94 valence electrons. The molecule has 0 bridgehead atoms. The molecule has 0 fully saturated rings. The van der Waals surface area contributed by atoms with Crippen LogP contribution in [0.25, 0.3) is 0 Å². The molecule has 0 saturated carbocycles. The van der Waals surface area contributed by atoms with Crippen molar-refractivity contribution in [2.75, 3.05) is 19.0 Å². The minimum atomic E-state index is -1.26. The summed E-state index contributed by atoms with van der Waals surface area (Å²) in [4.78, 5) is 12.0. The average Bonchev–Trinajstić information content (AvgIpc) is 2.22. The van der Waals surface area contributed by atoms with Gasteiger partial charge in [-0.1, -0.05) is 0 Å². The highest BCUT2D eigenvalue weighted by molar-refractivity contribution is 5.74. The number of anilines is 1. The van der Waals surface area contributed by atoms with Gasteiger partial charge in [-0.3, -0.25) is 4.79 Å². The van der Waals surface area contributed by atoms with Crippen LogP contribution in [0.5, 0.6) is 0 Å². The molecule has 1 rings (SSSR count). The van der Waals surface area contributed by atoms with Gasteiger partial charge in [0.25, 0.3) is 0 Å². The lowest BCUT2D eigenvalue weighted by Gasteiger charge is -2.20. The highest BCUT2D eigenvalue weighted by Gasteiger charge is 2.21. The Morgan fingerprint density at radius 1 is 1.41 bits per heavy atom. The summed E-state index contributed by atoms with van der Waals surface area (Å²) >= 11 is 0. The largest absolute Gasteiger partial charge is 0.480 e. The molecule has 1 aromatic rings. The molecule has 0 aliphatic rings. The van der Waals surface area contributed by atoms with E-state index in [1.165, 1.54) is 4.90 Å². The number of carboxylic acid groups (broad SMARTS) is 1. The summed E-state index contributed by atoms with van der Waals surface area (Å²) in [5.41, 5.74) is 5.34. The van der Waals surface area contributed by atoms with E-state index >= 15 is 0 Å². The van der Waals surface area contributed by atoms with E-state index in [-0.39, 0.29) is 17.7 Å². The van der Waals surface area contributed by atoms with Gasteiger partial charge >= 0.3 is 5.97 Å². The summed E-state index contributed by atoms with van der Waals surface area (Å²) in [7, 11) is 3.10. The Bertz CT molecular complexity index is 436. The zero-order valence-corrected chi connectivity index (χ0v) is 9.58. The maximum atomic E-state index is 13.6. The predicted octanol–water partition coefficient (Wildman–Crippen LogP) is 0.985. The fourth-order valence-corrected chi connectivity index (χ4v) is 1.57. The maximum absolute atomic E-state index is 13.6. The summed E-state index contributed by atoms with van der Waals surface area (Å²) in [6.07, 6.45) is -0.258. The second-order valence-electron chi connectivity index (χ2n) is 3.90. The van der Waals surface area contributed by atoms with Crippen LogP contribution in [0.2, 0.25) is 0 Å². The van der Waals surface area contributed by atoms with Gasteiger partial charge in [0.05, 0.1) is 5.69 Å². The van der Waals surface area contributed by atoms with Gasteiger partial charge in [0.1, 0.15) is 17.7 Å². The van der Waals surface area contributed by atoms with E-state index in [9.17, 15) is 13.6 Å². The van der Waals surface area contributed by atoms with Crippen molar-refractivity contribution >= 4 is 11.7 Å². The molecule has 0 aliphatic carbocycles. The first-order valence-corrected chi connectivity index (χ1v) is 4.97. The van der Waals surface area contributed by atoms with Crippen molar-refractivity contribution in [3.05, 3.63) is 29.3 Å². The van der Waals surface area contributed by atoms with Gasteiger partial charge in [-0.15, -0.1) is 0 Å². The van der Waals surface area contributed by atoms with E-state index in [1.807, 2.05) is 0 Å². The van der Waals surface area contributed by atoms with Crippen molar-refractivity contribution in [3.8, 4) is 0 Å². The Kier molecular flexibility index (Phi) is 4.01. The molecular formula is C11H14F2N2O2. The lowest BCUT2D eigenvalue weighted by Crippen LogP contribution is -2.33. The Hall–Kier alpha value is -1.69. The van der Waals surface area contributed by atoms with Crippen LogP contribution < -0.4 is 10.6 Å². The quantitative estimate of drug-likeness (QED) is 0.828. The molecule has 0 amide bonds. The number of benzene rings is 1. The smallest absolute Gasteiger partial charge is 0.320 e. The van der Waals surface area contributed by atoms with Crippen molar-refractivity contribution in [2.24, 2.45) is 5.73 Å². The minimum absolute atomic E-state index is 0.0232. The maximum Gasteiger partial charge on any atom is 0.320 e. The molecule has 4 nitrogen and oxygen atoms in total. The molecule has 0 aliphatic heterocycles. The van der Waals surface area contributed by atoms with Gasteiger partial charge in [0.2, 0.25) is 0 Å². The van der Waals surface area contributed by atoms with E-state index in [0.29, 0.717) is 0 Å². The molecule has 1 unspecified atom stereocenters. The fourth-order valence-electron chi connectivity index (χ4n) is 1.57. The lowest BCUT2D eigenvalue weighted by atomic mass is 10.0. The van der Waals surface area contributed by atoms with Crippen molar-refractivity contribution in [1.82, 2.24) is 0 Å². The van der Waals surface area contributed by atoms with Crippen LogP contribution in [-0.4, -0.2) is 31.2 Å². The van der Waals surface area contributed by atoms with Gasteiger partial charge in [0, 0.05) is 26.1 Å². The third kappa shape index (κ3) is 2.91. The molecule has 0 heterocycles. The molecule has 17 heavy (non-hydrogen) atoms. The van der Waals surface area contributed by atoms with E-state index in [1.54, 1.807) is 14.1 Å². The van der Waals surface area contributed by atoms with Gasteiger partial charge in [-0.05, 0) is 12.1 Å². The molecular weight excluding hydrogens is 230 g/mol.